The second-order valence-corrected chi connectivity index (χ2v) is 21.0. The molecule has 0 aliphatic heterocycles. The van der Waals surface area contributed by atoms with Crippen molar-refractivity contribution in [3.63, 3.8) is 0 Å². The van der Waals surface area contributed by atoms with Crippen LogP contribution < -0.4 is 10.2 Å². The number of aliphatic hydroxyl groups is 1. The van der Waals surface area contributed by atoms with E-state index in [2.05, 4.69) is 67.8 Å². The minimum atomic E-state index is -4.60. The van der Waals surface area contributed by atoms with Gasteiger partial charge in [0.1, 0.15) is 13.2 Å². The van der Waals surface area contributed by atoms with Crippen molar-refractivity contribution in [2.45, 2.75) is 251 Å². The molecule has 0 aromatic carbocycles. The van der Waals surface area contributed by atoms with Crippen molar-refractivity contribution in [1.29, 1.82) is 0 Å². The van der Waals surface area contributed by atoms with E-state index in [0.717, 1.165) is 51.4 Å². The highest BCUT2D eigenvalue weighted by atomic mass is 31.2. The van der Waals surface area contributed by atoms with E-state index in [9.17, 15) is 19.4 Å². The summed E-state index contributed by atoms with van der Waals surface area (Å²) in [5.41, 5.74) is 0. The number of rotatable bonds is 49. The number of phosphoric acid groups is 1. The summed E-state index contributed by atoms with van der Waals surface area (Å²) in [6.45, 7) is 4.62. The third-order valence-corrected chi connectivity index (χ3v) is 12.9. The molecule has 0 aromatic heterocycles. The molecule has 0 saturated carbocycles. The van der Waals surface area contributed by atoms with Gasteiger partial charge >= 0.3 is 0 Å². The molecule has 2 N–H and O–H groups in total. The monoisotopic (exact) mass is 933 g/mol. The number of carbonyl (C=O) groups excluding carboxylic acids is 1. The summed E-state index contributed by atoms with van der Waals surface area (Å²) in [6, 6.07) is -0.906. The molecular formula is C56H105N2O6P. The van der Waals surface area contributed by atoms with E-state index in [0.29, 0.717) is 17.4 Å². The first kappa shape index (κ1) is 63.2. The minimum Gasteiger partial charge on any atom is -0.756 e. The number of phosphoric ester groups is 1. The number of allylic oxidation sites excluding steroid dienone is 9. The molecule has 0 aliphatic rings. The third-order valence-electron chi connectivity index (χ3n) is 11.9. The molecular weight excluding hydrogens is 828 g/mol. The first-order valence-corrected chi connectivity index (χ1v) is 28.6. The molecule has 0 rings (SSSR count). The lowest BCUT2D eigenvalue weighted by Gasteiger charge is -2.29. The van der Waals surface area contributed by atoms with Gasteiger partial charge in [-0.25, -0.2) is 0 Å². The topological polar surface area (TPSA) is 108 Å². The number of amides is 1. The van der Waals surface area contributed by atoms with Crippen LogP contribution in [0.5, 0.6) is 0 Å². The molecule has 0 saturated heterocycles. The van der Waals surface area contributed by atoms with Gasteiger partial charge in [0.25, 0.3) is 7.82 Å². The predicted octanol–water partition coefficient (Wildman–Crippen LogP) is 15.5. The lowest BCUT2D eigenvalue weighted by molar-refractivity contribution is -0.870. The SMILES string of the molecule is CCCCCCC/C=C\C/C=C\C/C=C\CCCCCCCCCCCCCCC(=O)NC(COP(=O)([O-])OCC[N+](C)(C)C)C(O)/C=C/CC/C=C/CCCCCCCCCCCC. The first-order valence-electron chi connectivity index (χ1n) is 27.2. The van der Waals surface area contributed by atoms with Gasteiger partial charge in [-0.2, -0.15) is 0 Å². The van der Waals surface area contributed by atoms with E-state index in [1.165, 1.54) is 167 Å². The van der Waals surface area contributed by atoms with Crippen molar-refractivity contribution >= 4 is 13.7 Å². The average molecular weight is 933 g/mol. The molecule has 3 unspecified atom stereocenters. The summed E-state index contributed by atoms with van der Waals surface area (Å²) in [6.07, 6.45) is 62.9. The summed E-state index contributed by atoms with van der Waals surface area (Å²) in [5.74, 6) is -0.210. The average Bonchev–Trinajstić information content (AvgIpc) is 3.26. The van der Waals surface area contributed by atoms with Crippen LogP contribution in [0.4, 0.5) is 0 Å². The van der Waals surface area contributed by atoms with Crippen LogP contribution in [0.2, 0.25) is 0 Å². The molecule has 9 heteroatoms. The molecule has 0 fully saturated rings. The molecule has 0 aliphatic carbocycles. The molecule has 65 heavy (non-hydrogen) atoms. The van der Waals surface area contributed by atoms with E-state index in [-0.39, 0.29) is 12.5 Å². The number of nitrogens with one attached hydrogen (secondary N) is 1. The molecule has 0 heterocycles. The van der Waals surface area contributed by atoms with Crippen LogP contribution in [0, 0.1) is 0 Å². The Morgan fingerprint density at radius 3 is 1.35 bits per heavy atom. The van der Waals surface area contributed by atoms with Crippen LogP contribution in [0.3, 0.4) is 0 Å². The molecule has 0 radical (unpaired) electrons. The lowest BCUT2D eigenvalue weighted by Crippen LogP contribution is -2.45. The number of aliphatic hydroxyl groups excluding tert-OH is 1. The fraction of sp³-hybridized carbons (Fsp3) is 0.804. The highest BCUT2D eigenvalue weighted by Crippen LogP contribution is 2.38. The van der Waals surface area contributed by atoms with Crippen LogP contribution in [0.15, 0.2) is 60.8 Å². The number of unbranched alkanes of at least 4 members (excludes halogenated alkanes) is 28. The summed E-state index contributed by atoms with van der Waals surface area (Å²) in [7, 11) is 1.24. The smallest absolute Gasteiger partial charge is 0.268 e. The van der Waals surface area contributed by atoms with Gasteiger partial charge < -0.3 is 28.8 Å². The van der Waals surface area contributed by atoms with Gasteiger partial charge in [0.2, 0.25) is 5.91 Å². The van der Waals surface area contributed by atoms with E-state index in [1.54, 1.807) is 6.08 Å². The Morgan fingerprint density at radius 1 is 0.538 bits per heavy atom. The maximum absolute atomic E-state index is 12.9. The zero-order valence-corrected chi connectivity index (χ0v) is 44.1. The van der Waals surface area contributed by atoms with Gasteiger partial charge in [0, 0.05) is 6.42 Å². The summed E-state index contributed by atoms with van der Waals surface area (Å²) >= 11 is 0. The molecule has 0 bridgehead atoms. The van der Waals surface area contributed by atoms with Crippen molar-refractivity contribution in [2.24, 2.45) is 0 Å². The number of quaternary nitrogens is 1. The molecule has 8 nitrogen and oxygen atoms in total. The van der Waals surface area contributed by atoms with E-state index < -0.39 is 26.6 Å². The van der Waals surface area contributed by atoms with E-state index in [4.69, 9.17) is 9.05 Å². The first-order chi connectivity index (χ1) is 31.5. The molecule has 3 atom stereocenters. The fourth-order valence-electron chi connectivity index (χ4n) is 7.65. The fourth-order valence-corrected chi connectivity index (χ4v) is 8.37. The Bertz CT molecular complexity index is 1240. The van der Waals surface area contributed by atoms with Gasteiger partial charge in [-0.15, -0.1) is 0 Å². The van der Waals surface area contributed by atoms with Crippen LogP contribution in [0.1, 0.15) is 239 Å². The van der Waals surface area contributed by atoms with Crippen molar-refractivity contribution in [2.75, 3.05) is 40.9 Å². The standard InChI is InChI=1S/C56H105N2O6P/c1-6-8-10-12-14-16-18-20-22-24-25-26-27-28-29-30-31-32-33-34-36-38-40-42-44-46-48-50-56(60)57-54(53-64-65(61,62)63-52-51-58(3,4)5)55(59)49-47-45-43-41-39-37-35-23-21-19-17-15-13-11-9-7-2/h18,20,24-25,27-28,39,41,47,49,54-55,59H,6-17,19,21-23,26,29-38,40,42-46,48,50-53H2,1-5H3,(H-,57,60,61,62)/b20-18-,25-24-,28-27-,41-39+,49-47+. The van der Waals surface area contributed by atoms with E-state index >= 15 is 0 Å². The zero-order valence-electron chi connectivity index (χ0n) is 43.2. The maximum Gasteiger partial charge on any atom is 0.268 e. The van der Waals surface area contributed by atoms with Crippen LogP contribution in [0.25, 0.3) is 0 Å². The van der Waals surface area contributed by atoms with Crippen LogP contribution >= 0.6 is 7.82 Å². The molecule has 0 aromatic rings. The van der Waals surface area contributed by atoms with Crippen molar-refractivity contribution in [1.82, 2.24) is 5.32 Å². The summed E-state index contributed by atoms with van der Waals surface area (Å²) in [5, 5.41) is 13.8. The number of likely N-dealkylation sites (N-methyl/N-ethyl adjacent to an activating group) is 1. The van der Waals surface area contributed by atoms with Gasteiger partial charge in [-0.05, 0) is 70.6 Å². The van der Waals surface area contributed by atoms with Gasteiger partial charge in [0.15, 0.2) is 0 Å². The Kier molecular flexibility index (Phi) is 46.0. The highest BCUT2D eigenvalue weighted by Gasteiger charge is 2.23. The minimum absolute atomic E-state index is 0.00825. The number of carbonyl (C=O) groups is 1. The Morgan fingerprint density at radius 2 is 0.908 bits per heavy atom. The second-order valence-electron chi connectivity index (χ2n) is 19.6. The van der Waals surface area contributed by atoms with Crippen LogP contribution in [-0.4, -0.2) is 68.5 Å². The largest absolute Gasteiger partial charge is 0.756 e. The van der Waals surface area contributed by atoms with Crippen molar-refractivity contribution in [3.8, 4) is 0 Å². The van der Waals surface area contributed by atoms with Gasteiger partial charge in [0.05, 0.1) is 39.9 Å². The van der Waals surface area contributed by atoms with Crippen molar-refractivity contribution in [3.05, 3.63) is 60.8 Å². The zero-order chi connectivity index (χ0) is 47.8. The highest BCUT2D eigenvalue weighted by molar-refractivity contribution is 7.45. The van der Waals surface area contributed by atoms with Crippen LogP contribution in [-0.2, 0) is 18.4 Å². The quantitative estimate of drug-likeness (QED) is 0.0272. The molecule has 0 spiro atoms. The normalized spacial score (nSPS) is 14.5. The number of hydrogen-bond acceptors (Lipinski definition) is 6. The second kappa shape index (κ2) is 47.3. The van der Waals surface area contributed by atoms with Gasteiger partial charge in [-0.3, -0.25) is 9.36 Å². The summed E-state index contributed by atoms with van der Waals surface area (Å²) in [4.78, 5) is 25.4. The number of nitrogens with zero attached hydrogens (tertiary/aromatic N) is 1. The Balaban J connectivity index is 4.25. The molecule has 1 amide bonds. The van der Waals surface area contributed by atoms with Crippen molar-refractivity contribution < 1.29 is 32.9 Å². The lowest BCUT2D eigenvalue weighted by atomic mass is 10.0. The molecule has 380 valence electrons. The van der Waals surface area contributed by atoms with E-state index in [1.807, 2.05) is 27.2 Å². The number of hydrogen-bond donors (Lipinski definition) is 2. The third kappa shape index (κ3) is 49.9. The Hall–Kier alpha value is -1.80. The Labute approximate surface area is 402 Å². The summed E-state index contributed by atoms with van der Waals surface area (Å²) < 4.78 is 23.3. The van der Waals surface area contributed by atoms with Gasteiger partial charge in [-0.1, -0.05) is 222 Å². The maximum atomic E-state index is 12.9. The predicted molar refractivity (Wildman–Crippen MR) is 279 cm³/mol.